The van der Waals surface area contributed by atoms with Crippen molar-refractivity contribution in [1.29, 1.82) is 0 Å². The van der Waals surface area contributed by atoms with Gasteiger partial charge in [-0.1, -0.05) is 18.2 Å². The van der Waals surface area contributed by atoms with Gasteiger partial charge in [-0.3, -0.25) is 0 Å². The van der Waals surface area contributed by atoms with E-state index in [-0.39, 0.29) is 0 Å². The molecule has 1 nitrogen and oxygen atoms in total. The van der Waals surface area contributed by atoms with Gasteiger partial charge in [-0.05, 0) is 25.5 Å². The molecule has 0 spiro atoms. The first-order valence-electron chi connectivity index (χ1n) is 4.01. The Kier molecular flexibility index (Phi) is 2.36. The number of anilines is 1. The molecule has 0 radical (unpaired) electrons. The van der Waals surface area contributed by atoms with E-state index in [1.165, 1.54) is 0 Å². The lowest BCUT2D eigenvalue weighted by atomic mass is 9.99. The zero-order chi connectivity index (χ0) is 9.19. The van der Waals surface area contributed by atoms with Crippen molar-refractivity contribution in [3.05, 3.63) is 29.8 Å². The maximum absolute atomic E-state index is 13.2. The second-order valence-corrected chi connectivity index (χ2v) is 3.59. The Balaban J connectivity index is 2.83. The number of hydrogen-bond donors (Lipinski definition) is 1. The first-order chi connectivity index (χ1) is 5.49. The zero-order valence-electron chi connectivity index (χ0n) is 7.47. The molecule has 0 aliphatic heterocycles. The molecule has 0 heterocycles. The van der Waals surface area contributed by atoms with Gasteiger partial charge in [0.15, 0.2) is 0 Å². The van der Waals surface area contributed by atoms with Gasteiger partial charge in [-0.15, -0.1) is 0 Å². The molecule has 2 N–H and O–H groups in total. The van der Waals surface area contributed by atoms with Gasteiger partial charge in [-0.25, -0.2) is 4.39 Å². The smallest absolute Gasteiger partial charge is 0.109 e. The maximum atomic E-state index is 13.2. The maximum Gasteiger partial charge on any atom is 0.109 e. The highest BCUT2D eigenvalue weighted by atomic mass is 19.1. The highest BCUT2D eigenvalue weighted by Gasteiger charge is 2.16. The lowest BCUT2D eigenvalue weighted by molar-refractivity contribution is 0.217. The molecule has 2 heteroatoms. The number of para-hydroxylation sites is 1. The average molecular weight is 167 g/mol. The van der Waals surface area contributed by atoms with Crippen LogP contribution < -0.4 is 5.73 Å². The fourth-order valence-corrected chi connectivity index (χ4v) is 1.15. The molecule has 0 fully saturated rings. The van der Waals surface area contributed by atoms with Crippen molar-refractivity contribution >= 4 is 5.69 Å². The molecule has 1 aromatic rings. The topological polar surface area (TPSA) is 26.0 Å². The van der Waals surface area contributed by atoms with Crippen LogP contribution in [-0.2, 0) is 6.42 Å². The largest absolute Gasteiger partial charge is 0.399 e. The van der Waals surface area contributed by atoms with Crippen molar-refractivity contribution in [2.75, 3.05) is 5.73 Å². The first kappa shape index (κ1) is 9.04. The molecule has 0 atom stereocenters. The van der Waals surface area contributed by atoms with Crippen LogP contribution in [0.2, 0.25) is 0 Å². The molecule has 0 saturated heterocycles. The van der Waals surface area contributed by atoms with E-state index in [0.29, 0.717) is 12.1 Å². The van der Waals surface area contributed by atoms with Crippen LogP contribution in [0.3, 0.4) is 0 Å². The summed E-state index contributed by atoms with van der Waals surface area (Å²) in [6, 6.07) is 7.37. The van der Waals surface area contributed by atoms with Crippen molar-refractivity contribution in [2.24, 2.45) is 0 Å². The normalized spacial score (nSPS) is 11.6. The van der Waals surface area contributed by atoms with Crippen LogP contribution in [0.1, 0.15) is 19.4 Å². The molecule has 66 valence electrons. The summed E-state index contributed by atoms with van der Waals surface area (Å²) >= 11 is 0. The van der Waals surface area contributed by atoms with Crippen LogP contribution in [0.15, 0.2) is 24.3 Å². The number of benzene rings is 1. The third-order valence-corrected chi connectivity index (χ3v) is 1.67. The van der Waals surface area contributed by atoms with Crippen LogP contribution in [0.4, 0.5) is 10.1 Å². The Bertz CT molecular complexity index is 263. The predicted molar refractivity (Wildman–Crippen MR) is 49.7 cm³/mol. The number of nitrogens with two attached hydrogens (primary N) is 1. The number of hydrogen-bond acceptors (Lipinski definition) is 1. The summed E-state index contributed by atoms with van der Waals surface area (Å²) in [6.45, 7) is 3.11. The van der Waals surface area contributed by atoms with E-state index < -0.39 is 5.67 Å². The molecule has 0 aliphatic carbocycles. The minimum atomic E-state index is -1.19. The summed E-state index contributed by atoms with van der Waals surface area (Å²) in [6.07, 6.45) is 0.375. The predicted octanol–water partition coefficient (Wildman–Crippen LogP) is 2.56. The van der Waals surface area contributed by atoms with Gasteiger partial charge in [0, 0.05) is 12.1 Å². The molecule has 0 aliphatic rings. The lowest BCUT2D eigenvalue weighted by Crippen LogP contribution is -2.16. The summed E-state index contributed by atoms with van der Waals surface area (Å²) in [7, 11) is 0. The summed E-state index contributed by atoms with van der Waals surface area (Å²) in [5, 5.41) is 0. The fourth-order valence-electron chi connectivity index (χ4n) is 1.15. The second-order valence-electron chi connectivity index (χ2n) is 3.59. The van der Waals surface area contributed by atoms with Gasteiger partial charge >= 0.3 is 0 Å². The first-order valence-corrected chi connectivity index (χ1v) is 4.01. The Morgan fingerprint density at radius 1 is 1.33 bits per heavy atom. The van der Waals surface area contributed by atoms with E-state index >= 15 is 0 Å². The van der Waals surface area contributed by atoms with Crippen molar-refractivity contribution in [3.63, 3.8) is 0 Å². The van der Waals surface area contributed by atoms with Gasteiger partial charge in [0.2, 0.25) is 0 Å². The molecule has 0 unspecified atom stereocenters. The van der Waals surface area contributed by atoms with Crippen molar-refractivity contribution in [3.8, 4) is 0 Å². The van der Waals surface area contributed by atoms with E-state index in [1.807, 2.05) is 18.2 Å². The molecule has 12 heavy (non-hydrogen) atoms. The number of rotatable bonds is 2. The second kappa shape index (κ2) is 3.13. The van der Waals surface area contributed by atoms with Crippen LogP contribution >= 0.6 is 0 Å². The van der Waals surface area contributed by atoms with Gasteiger partial charge in [0.25, 0.3) is 0 Å². The van der Waals surface area contributed by atoms with Crippen LogP contribution in [0, 0.1) is 0 Å². The minimum absolute atomic E-state index is 0.375. The summed E-state index contributed by atoms with van der Waals surface area (Å²) < 4.78 is 13.2. The Morgan fingerprint density at radius 2 is 1.92 bits per heavy atom. The number of alkyl halides is 1. The molecule has 1 rings (SSSR count). The van der Waals surface area contributed by atoms with Crippen molar-refractivity contribution < 1.29 is 4.39 Å². The van der Waals surface area contributed by atoms with E-state index in [0.717, 1.165) is 5.56 Å². The molecule has 0 amide bonds. The van der Waals surface area contributed by atoms with E-state index in [9.17, 15) is 4.39 Å². The Labute approximate surface area is 72.4 Å². The van der Waals surface area contributed by atoms with E-state index in [4.69, 9.17) is 5.73 Å². The molecule has 1 aromatic carbocycles. The molecule has 0 saturated carbocycles. The minimum Gasteiger partial charge on any atom is -0.399 e. The molecular formula is C10H14FN. The summed E-state index contributed by atoms with van der Waals surface area (Å²) in [5.41, 5.74) is 6.03. The molecule has 0 bridgehead atoms. The average Bonchev–Trinajstić information content (AvgIpc) is 1.91. The van der Waals surface area contributed by atoms with Crippen LogP contribution in [0.5, 0.6) is 0 Å². The summed E-state index contributed by atoms with van der Waals surface area (Å²) in [5.74, 6) is 0. The standard InChI is InChI=1S/C10H14FN/c1-10(2,11)7-8-5-3-4-6-9(8)12/h3-6H,7,12H2,1-2H3. The van der Waals surface area contributed by atoms with Gasteiger partial charge in [0.1, 0.15) is 5.67 Å². The number of halogens is 1. The molecular weight excluding hydrogens is 153 g/mol. The van der Waals surface area contributed by atoms with Crippen molar-refractivity contribution in [1.82, 2.24) is 0 Å². The zero-order valence-corrected chi connectivity index (χ0v) is 7.47. The van der Waals surface area contributed by atoms with Crippen LogP contribution in [0.25, 0.3) is 0 Å². The van der Waals surface area contributed by atoms with Gasteiger partial charge < -0.3 is 5.73 Å². The molecule has 0 aromatic heterocycles. The lowest BCUT2D eigenvalue weighted by Gasteiger charge is -2.14. The number of nitrogen functional groups attached to an aromatic ring is 1. The van der Waals surface area contributed by atoms with E-state index in [1.54, 1.807) is 19.9 Å². The Hall–Kier alpha value is -1.05. The fraction of sp³-hybridized carbons (Fsp3) is 0.400. The highest BCUT2D eigenvalue weighted by Crippen LogP contribution is 2.20. The quantitative estimate of drug-likeness (QED) is 0.673. The third kappa shape index (κ3) is 2.53. The SMILES string of the molecule is CC(C)(F)Cc1ccccc1N. The highest BCUT2D eigenvalue weighted by molar-refractivity contribution is 5.46. The third-order valence-electron chi connectivity index (χ3n) is 1.67. The van der Waals surface area contributed by atoms with Crippen LogP contribution in [-0.4, -0.2) is 5.67 Å². The van der Waals surface area contributed by atoms with Gasteiger partial charge in [0.05, 0.1) is 0 Å². The summed E-state index contributed by atoms with van der Waals surface area (Å²) in [4.78, 5) is 0. The van der Waals surface area contributed by atoms with Crippen molar-refractivity contribution in [2.45, 2.75) is 25.9 Å². The van der Waals surface area contributed by atoms with E-state index in [2.05, 4.69) is 0 Å². The monoisotopic (exact) mass is 167 g/mol. The van der Waals surface area contributed by atoms with Gasteiger partial charge in [-0.2, -0.15) is 0 Å². The Morgan fingerprint density at radius 3 is 2.42 bits per heavy atom.